The van der Waals surface area contributed by atoms with Gasteiger partial charge in [-0.25, -0.2) is 4.79 Å². The van der Waals surface area contributed by atoms with E-state index in [1.54, 1.807) is 24.3 Å². The van der Waals surface area contributed by atoms with Crippen LogP contribution in [0.5, 0.6) is 5.75 Å². The predicted octanol–water partition coefficient (Wildman–Crippen LogP) is 3.04. The Hall–Kier alpha value is -1.48. The van der Waals surface area contributed by atoms with Crippen LogP contribution in [0.4, 0.5) is 4.79 Å². The normalized spacial score (nSPS) is 9.21. The van der Waals surface area contributed by atoms with Gasteiger partial charge in [-0.15, -0.1) is 0 Å². The highest BCUT2D eigenvalue weighted by Crippen LogP contribution is 2.15. The van der Waals surface area contributed by atoms with Crippen LogP contribution in [0.25, 0.3) is 0 Å². The van der Waals surface area contributed by atoms with Gasteiger partial charge in [-0.05, 0) is 24.3 Å². The summed E-state index contributed by atoms with van der Waals surface area (Å²) in [6, 6.07) is 6.41. The Morgan fingerprint density at radius 1 is 1.43 bits per heavy atom. The number of carbonyl (C=O) groups is 1. The molecule has 0 radical (unpaired) electrons. The highest BCUT2D eigenvalue weighted by Gasteiger charge is 2.03. The van der Waals surface area contributed by atoms with Crippen LogP contribution >= 0.6 is 11.6 Å². The number of carbonyl (C=O) groups excluding carboxylic acids is 1. The zero-order valence-electron chi connectivity index (χ0n) is 7.40. The van der Waals surface area contributed by atoms with Gasteiger partial charge in [0.1, 0.15) is 12.4 Å². The Labute approximate surface area is 86.9 Å². The van der Waals surface area contributed by atoms with Crippen molar-refractivity contribution < 1.29 is 14.3 Å². The van der Waals surface area contributed by atoms with E-state index in [0.717, 1.165) is 0 Å². The van der Waals surface area contributed by atoms with Crippen LogP contribution < -0.4 is 4.74 Å². The third kappa shape index (κ3) is 3.49. The van der Waals surface area contributed by atoms with Crippen LogP contribution in [0.3, 0.4) is 0 Å². The number of rotatable bonds is 3. The molecule has 0 atom stereocenters. The number of ether oxygens (including phenoxy) is 2. The molecule has 0 aliphatic carbocycles. The molecule has 0 unspecified atom stereocenters. The first-order valence-electron chi connectivity index (χ1n) is 3.93. The Morgan fingerprint density at radius 2 is 2.07 bits per heavy atom. The molecule has 14 heavy (non-hydrogen) atoms. The van der Waals surface area contributed by atoms with Crippen molar-refractivity contribution in [1.29, 1.82) is 0 Å². The first-order valence-corrected chi connectivity index (χ1v) is 4.31. The summed E-state index contributed by atoms with van der Waals surface area (Å²) in [6.07, 6.45) is 0.704. The maximum atomic E-state index is 10.9. The summed E-state index contributed by atoms with van der Waals surface area (Å²) in [6.45, 7) is 3.53. The molecule has 0 saturated heterocycles. The van der Waals surface area contributed by atoms with E-state index in [-0.39, 0.29) is 6.61 Å². The smallest absolute Gasteiger partial charge is 0.430 e. The minimum absolute atomic E-state index is 0.131. The van der Waals surface area contributed by atoms with Crippen molar-refractivity contribution >= 4 is 17.8 Å². The summed E-state index contributed by atoms with van der Waals surface area (Å²) < 4.78 is 9.42. The standard InChI is InChI=1S/C10H9ClO3/c1-2-7-13-10(12)14-9-5-3-8(11)4-6-9/h2-6H,1,7H2. The first kappa shape index (κ1) is 10.6. The van der Waals surface area contributed by atoms with E-state index in [1.807, 2.05) is 0 Å². The van der Waals surface area contributed by atoms with Crippen molar-refractivity contribution in [2.45, 2.75) is 0 Å². The van der Waals surface area contributed by atoms with Crippen LogP contribution in [0.2, 0.25) is 5.02 Å². The second-order valence-corrected chi connectivity index (χ2v) is 2.84. The number of benzene rings is 1. The first-order chi connectivity index (χ1) is 6.72. The van der Waals surface area contributed by atoms with E-state index in [4.69, 9.17) is 16.3 Å². The van der Waals surface area contributed by atoms with Crippen molar-refractivity contribution in [3.63, 3.8) is 0 Å². The van der Waals surface area contributed by atoms with E-state index < -0.39 is 6.16 Å². The molecule has 0 bridgehead atoms. The molecular weight excluding hydrogens is 204 g/mol. The zero-order chi connectivity index (χ0) is 10.4. The van der Waals surface area contributed by atoms with E-state index >= 15 is 0 Å². The Bertz CT molecular complexity index is 319. The summed E-state index contributed by atoms with van der Waals surface area (Å²) in [5, 5.41) is 0.580. The molecular formula is C10H9ClO3. The van der Waals surface area contributed by atoms with Crippen LogP contribution in [0.1, 0.15) is 0 Å². The van der Waals surface area contributed by atoms with Gasteiger partial charge in [0.05, 0.1) is 0 Å². The van der Waals surface area contributed by atoms with Crippen molar-refractivity contribution in [2.24, 2.45) is 0 Å². The lowest BCUT2D eigenvalue weighted by atomic mass is 10.3. The molecule has 4 heteroatoms. The van der Waals surface area contributed by atoms with Crippen LogP contribution in [-0.4, -0.2) is 12.8 Å². The van der Waals surface area contributed by atoms with Crippen LogP contribution in [0.15, 0.2) is 36.9 Å². The van der Waals surface area contributed by atoms with Crippen LogP contribution in [-0.2, 0) is 4.74 Å². The highest BCUT2D eigenvalue weighted by atomic mass is 35.5. The molecule has 0 saturated carbocycles. The lowest BCUT2D eigenvalue weighted by Gasteiger charge is -2.03. The van der Waals surface area contributed by atoms with Gasteiger partial charge < -0.3 is 9.47 Å². The topological polar surface area (TPSA) is 35.5 Å². The second kappa shape index (κ2) is 5.29. The van der Waals surface area contributed by atoms with Gasteiger partial charge in [-0.3, -0.25) is 0 Å². The van der Waals surface area contributed by atoms with Crippen molar-refractivity contribution in [3.05, 3.63) is 41.9 Å². The summed E-state index contributed by atoms with van der Waals surface area (Å²) >= 11 is 5.65. The number of hydrogen-bond donors (Lipinski definition) is 0. The summed E-state index contributed by atoms with van der Waals surface area (Å²) in [5.74, 6) is 0.392. The number of halogens is 1. The van der Waals surface area contributed by atoms with Gasteiger partial charge >= 0.3 is 6.16 Å². The molecule has 0 fully saturated rings. The van der Waals surface area contributed by atoms with Gasteiger partial charge in [-0.1, -0.05) is 24.3 Å². The third-order valence-corrected chi connectivity index (χ3v) is 1.59. The van der Waals surface area contributed by atoms with Crippen molar-refractivity contribution in [3.8, 4) is 5.75 Å². The molecule has 1 aromatic rings. The Kier molecular flexibility index (Phi) is 4.01. The minimum Gasteiger partial charge on any atom is -0.430 e. The average molecular weight is 213 g/mol. The fraction of sp³-hybridized carbons (Fsp3) is 0.100. The highest BCUT2D eigenvalue weighted by molar-refractivity contribution is 6.30. The monoisotopic (exact) mass is 212 g/mol. The molecule has 0 aromatic heterocycles. The quantitative estimate of drug-likeness (QED) is 0.439. The van der Waals surface area contributed by atoms with Gasteiger partial charge in [0.15, 0.2) is 0 Å². The molecule has 0 aliphatic rings. The molecule has 0 N–H and O–H groups in total. The van der Waals surface area contributed by atoms with E-state index in [2.05, 4.69) is 11.3 Å². The van der Waals surface area contributed by atoms with Gasteiger partial charge in [-0.2, -0.15) is 0 Å². The van der Waals surface area contributed by atoms with Crippen molar-refractivity contribution in [1.82, 2.24) is 0 Å². The maximum absolute atomic E-state index is 10.9. The van der Waals surface area contributed by atoms with E-state index in [9.17, 15) is 4.79 Å². The largest absolute Gasteiger partial charge is 0.514 e. The average Bonchev–Trinajstić information content (AvgIpc) is 2.18. The third-order valence-electron chi connectivity index (χ3n) is 1.33. The SMILES string of the molecule is C=CCOC(=O)Oc1ccc(Cl)cc1. The van der Waals surface area contributed by atoms with Gasteiger partial charge in [0.25, 0.3) is 0 Å². The molecule has 3 nitrogen and oxygen atoms in total. The van der Waals surface area contributed by atoms with Crippen LogP contribution in [0, 0.1) is 0 Å². The molecule has 74 valence electrons. The Morgan fingerprint density at radius 3 is 2.64 bits per heavy atom. The summed E-state index contributed by atoms with van der Waals surface area (Å²) in [5.41, 5.74) is 0. The molecule has 1 aromatic carbocycles. The molecule has 0 heterocycles. The number of hydrogen-bond acceptors (Lipinski definition) is 3. The summed E-state index contributed by atoms with van der Waals surface area (Å²) in [7, 11) is 0. The molecule has 0 aliphatic heterocycles. The minimum atomic E-state index is -0.757. The van der Waals surface area contributed by atoms with E-state index in [0.29, 0.717) is 10.8 Å². The zero-order valence-corrected chi connectivity index (χ0v) is 8.16. The summed E-state index contributed by atoms with van der Waals surface area (Å²) in [4.78, 5) is 10.9. The fourth-order valence-corrected chi connectivity index (χ4v) is 0.881. The second-order valence-electron chi connectivity index (χ2n) is 2.41. The predicted molar refractivity (Wildman–Crippen MR) is 53.6 cm³/mol. The fourth-order valence-electron chi connectivity index (χ4n) is 0.755. The molecule has 1 rings (SSSR count). The lowest BCUT2D eigenvalue weighted by molar-refractivity contribution is 0.109. The van der Waals surface area contributed by atoms with Crippen molar-refractivity contribution in [2.75, 3.05) is 6.61 Å². The Balaban J connectivity index is 2.47. The molecule has 0 amide bonds. The van der Waals surface area contributed by atoms with E-state index in [1.165, 1.54) is 6.08 Å². The lowest BCUT2D eigenvalue weighted by Crippen LogP contribution is -2.10. The van der Waals surface area contributed by atoms with Gasteiger partial charge in [0.2, 0.25) is 0 Å². The molecule has 0 spiro atoms. The van der Waals surface area contributed by atoms with Gasteiger partial charge in [0, 0.05) is 5.02 Å². The maximum Gasteiger partial charge on any atom is 0.514 e.